The van der Waals surface area contributed by atoms with Gasteiger partial charge in [-0.25, -0.2) is 17.5 Å². The fourth-order valence-corrected chi connectivity index (χ4v) is 2.16. The maximum absolute atomic E-state index is 11.9. The van der Waals surface area contributed by atoms with E-state index in [1.165, 1.54) is 12.1 Å². The van der Waals surface area contributed by atoms with E-state index in [-0.39, 0.29) is 4.90 Å². The van der Waals surface area contributed by atoms with Gasteiger partial charge in [0, 0.05) is 7.05 Å². The van der Waals surface area contributed by atoms with Gasteiger partial charge < -0.3 is 4.74 Å². The van der Waals surface area contributed by atoms with Gasteiger partial charge in [0.15, 0.2) is 0 Å². The van der Waals surface area contributed by atoms with Crippen LogP contribution in [0.4, 0.5) is 4.79 Å². The van der Waals surface area contributed by atoms with Crippen LogP contribution in [0, 0.1) is 6.92 Å². The number of hydrogen-bond acceptors (Lipinski definition) is 4. The van der Waals surface area contributed by atoms with Crippen LogP contribution in [0.2, 0.25) is 0 Å². The smallest absolute Gasteiger partial charge is 0.423 e. The van der Waals surface area contributed by atoms with Crippen LogP contribution in [0.3, 0.4) is 0 Å². The van der Waals surface area contributed by atoms with E-state index in [9.17, 15) is 13.2 Å². The van der Waals surface area contributed by atoms with Gasteiger partial charge in [-0.2, -0.15) is 0 Å². The number of carbonyl (C=O) groups is 1. The quantitative estimate of drug-likeness (QED) is 0.787. The third kappa shape index (κ3) is 2.33. The number of sulfonamides is 1. The molecule has 6 heteroatoms. The normalized spacial score (nSPS) is 10.9. The van der Waals surface area contributed by atoms with Gasteiger partial charge in [-0.1, -0.05) is 17.7 Å². The number of methoxy groups -OCH3 is 1. The van der Waals surface area contributed by atoms with Crippen LogP contribution in [0.25, 0.3) is 0 Å². The molecule has 0 atom stereocenters. The molecule has 0 radical (unpaired) electrons. The fourth-order valence-electron chi connectivity index (χ4n) is 1.10. The van der Waals surface area contributed by atoms with E-state index >= 15 is 0 Å². The van der Waals surface area contributed by atoms with Crippen LogP contribution >= 0.6 is 0 Å². The molecular formula is C10H13NO4S. The average Bonchev–Trinajstić information content (AvgIpc) is 2.27. The highest BCUT2D eigenvalue weighted by atomic mass is 32.2. The van der Waals surface area contributed by atoms with Crippen molar-refractivity contribution in [2.75, 3.05) is 14.2 Å². The van der Waals surface area contributed by atoms with Crippen LogP contribution in [0.15, 0.2) is 29.2 Å². The van der Waals surface area contributed by atoms with Crippen molar-refractivity contribution in [2.24, 2.45) is 0 Å². The molecule has 0 spiro atoms. The molecule has 0 aliphatic heterocycles. The molecular weight excluding hydrogens is 230 g/mol. The summed E-state index contributed by atoms with van der Waals surface area (Å²) >= 11 is 0. The lowest BCUT2D eigenvalue weighted by Crippen LogP contribution is -2.33. The first kappa shape index (κ1) is 12.5. The molecule has 0 bridgehead atoms. The monoisotopic (exact) mass is 243 g/mol. The molecule has 1 aromatic carbocycles. The second-order valence-electron chi connectivity index (χ2n) is 3.26. The van der Waals surface area contributed by atoms with E-state index < -0.39 is 16.1 Å². The lowest BCUT2D eigenvalue weighted by molar-refractivity contribution is 0.154. The Kier molecular flexibility index (Phi) is 3.54. The minimum absolute atomic E-state index is 0.0611. The Morgan fingerprint density at radius 1 is 1.25 bits per heavy atom. The van der Waals surface area contributed by atoms with Crippen molar-refractivity contribution in [1.29, 1.82) is 0 Å². The van der Waals surface area contributed by atoms with Crippen LogP contribution in [-0.4, -0.2) is 33.0 Å². The third-order valence-electron chi connectivity index (χ3n) is 2.11. The molecule has 1 rings (SSSR count). The zero-order chi connectivity index (χ0) is 12.3. The molecule has 0 unspecified atom stereocenters. The maximum atomic E-state index is 11.9. The zero-order valence-corrected chi connectivity index (χ0v) is 10.1. The predicted octanol–water partition coefficient (Wildman–Crippen LogP) is 1.38. The van der Waals surface area contributed by atoms with E-state index in [0.717, 1.165) is 19.7 Å². The van der Waals surface area contributed by atoms with Gasteiger partial charge in [-0.3, -0.25) is 0 Å². The van der Waals surface area contributed by atoms with Crippen molar-refractivity contribution in [3.63, 3.8) is 0 Å². The van der Waals surface area contributed by atoms with Gasteiger partial charge in [0.25, 0.3) is 10.0 Å². The summed E-state index contributed by atoms with van der Waals surface area (Å²) in [5.41, 5.74) is 0.944. The van der Waals surface area contributed by atoms with Gasteiger partial charge in [-0.15, -0.1) is 0 Å². The summed E-state index contributed by atoms with van der Waals surface area (Å²) in [5.74, 6) is 0. The number of amides is 1. The summed E-state index contributed by atoms with van der Waals surface area (Å²) < 4.78 is 28.7. The van der Waals surface area contributed by atoms with Crippen molar-refractivity contribution in [3.05, 3.63) is 29.8 Å². The number of rotatable bonds is 2. The second-order valence-corrected chi connectivity index (χ2v) is 5.22. The van der Waals surface area contributed by atoms with Crippen LogP contribution in [0.5, 0.6) is 0 Å². The molecule has 0 N–H and O–H groups in total. The van der Waals surface area contributed by atoms with Crippen LogP contribution in [0.1, 0.15) is 5.56 Å². The minimum Gasteiger partial charge on any atom is -0.452 e. The summed E-state index contributed by atoms with van der Waals surface area (Å²) in [6.07, 6.45) is -0.916. The Hall–Kier alpha value is -1.56. The number of ether oxygens (including phenoxy) is 1. The lowest BCUT2D eigenvalue weighted by Gasteiger charge is -2.15. The SMILES string of the molecule is COC(=O)N(C)S(=O)(=O)c1ccc(C)cc1. The molecule has 0 aromatic heterocycles. The third-order valence-corrected chi connectivity index (χ3v) is 3.85. The summed E-state index contributed by atoms with van der Waals surface area (Å²) in [6.45, 7) is 1.85. The Morgan fingerprint density at radius 3 is 2.19 bits per heavy atom. The molecule has 0 aliphatic rings. The van der Waals surface area contributed by atoms with Gasteiger partial charge in [0.05, 0.1) is 12.0 Å². The van der Waals surface area contributed by atoms with E-state index in [1.807, 2.05) is 6.92 Å². The summed E-state index contributed by atoms with van der Waals surface area (Å²) in [7, 11) is -1.53. The van der Waals surface area contributed by atoms with Gasteiger partial charge in [0.2, 0.25) is 0 Å². The summed E-state index contributed by atoms with van der Waals surface area (Å²) in [5, 5.41) is 0. The number of aryl methyl sites for hydroxylation is 1. The summed E-state index contributed by atoms with van der Waals surface area (Å²) in [6, 6.07) is 6.23. The first-order valence-electron chi connectivity index (χ1n) is 4.53. The highest BCUT2D eigenvalue weighted by Crippen LogP contribution is 2.15. The molecule has 1 aromatic rings. The fraction of sp³-hybridized carbons (Fsp3) is 0.300. The van der Waals surface area contributed by atoms with Gasteiger partial charge in [0.1, 0.15) is 0 Å². The van der Waals surface area contributed by atoms with Gasteiger partial charge in [-0.05, 0) is 19.1 Å². The number of carbonyl (C=O) groups excluding carboxylic acids is 1. The molecule has 16 heavy (non-hydrogen) atoms. The molecule has 0 heterocycles. The van der Waals surface area contributed by atoms with Crippen molar-refractivity contribution in [1.82, 2.24) is 4.31 Å². The number of hydrogen-bond donors (Lipinski definition) is 0. The average molecular weight is 243 g/mol. The first-order chi connectivity index (χ1) is 7.39. The van der Waals surface area contributed by atoms with Crippen molar-refractivity contribution >= 4 is 16.1 Å². The maximum Gasteiger partial charge on any atom is 0.423 e. The highest BCUT2D eigenvalue weighted by molar-refractivity contribution is 7.89. The van der Waals surface area contributed by atoms with Crippen molar-refractivity contribution in [3.8, 4) is 0 Å². The van der Waals surface area contributed by atoms with E-state index in [2.05, 4.69) is 4.74 Å². The molecule has 5 nitrogen and oxygen atoms in total. The Balaban J connectivity index is 3.12. The first-order valence-corrected chi connectivity index (χ1v) is 5.97. The minimum atomic E-state index is -3.81. The largest absolute Gasteiger partial charge is 0.452 e. The second kappa shape index (κ2) is 4.52. The van der Waals surface area contributed by atoms with E-state index in [1.54, 1.807) is 12.1 Å². The topological polar surface area (TPSA) is 63.7 Å². The highest BCUT2D eigenvalue weighted by Gasteiger charge is 2.25. The Bertz CT molecular complexity index is 478. The molecule has 1 amide bonds. The summed E-state index contributed by atoms with van der Waals surface area (Å²) in [4.78, 5) is 11.2. The zero-order valence-electron chi connectivity index (χ0n) is 9.30. The van der Waals surface area contributed by atoms with Crippen LogP contribution in [-0.2, 0) is 14.8 Å². The van der Waals surface area contributed by atoms with E-state index in [0.29, 0.717) is 4.31 Å². The van der Waals surface area contributed by atoms with Gasteiger partial charge >= 0.3 is 6.09 Å². The van der Waals surface area contributed by atoms with Crippen molar-refractivity contribution in [2.45, 2.75) is 11.8 Å². The molecule has 0 saturated carbocycles. The molecule has 0 aliphatic carbocycles. The molecule has 88 valence electrons. The Morgan fingerprint density at radius 2 is 1.75 bits per heavy atom. The predicted molar refractivity (Wildman–Crippen MR) is 58.5 cm³/mol. The van der Waals surface area contributed by atoms with Crippen molar-refractivity contribution < 1.29 is 17.9 Å². The number of benzene rings is 1. The standard InChI is InChI=1S/C10H13NO4S/c1-8-4-6-9(7-5-8)16(13,14)11(2)10(12)15-3/h4-7H,1-3H3. The van der Waals surface area contributed by atoms with Crippen LogP contribution < -0.4 is 0 Å². The van der Waals surface area contributed by atoms with E-state index in [4.69, 9.17) is 0 Å². The lowest BCUT2D eigenvalue weighted by atomic mass is 10.2. The molecule has 0 saturated heterocycles. The number of nitrogens with zero attached hydrogens (tertiary/aromatic N) is 1. The Labute approximate surface area is 94.7 Å². The molecule has 0 fully saturated rings.